The molecule has 0 saturated heterocycles. The van der Waals surface area contributed by atoms with Crippen molar-refractivity contribution in [3.63, 3.8) is 0 Å². The van der Waals surface area contributed by atoms with Crippen molar-refractivity contribution >= 4 is 28.2 Å². The molecule has 1 aliphatic rings. The van der Waals surface area contributed by atoms with Gasteiger partial charge in [0.05, 0.1) is 24.9 Å². The second-order valence-corrected chi connectivity index (χ2v) is 9.50. The van der Waals surface area contributed by atoms with E-state index in [-0.39, 0.29) is 36.9 Å². The highest BCUT2D eigenvalue weighted by atomic mass is 16.5. The number of hydrogen-bond donors (Lipinski definition) is 3. The monoisotopic (exact) mass is 536 g/mol. The Kier molecular flexibility index (Phi) is 10.5. The lowest BCUT2D eigenvalue weighted by atomic mass is 10.0. The number of anilines is 2. The van der Waals surface area contributed by atoms with Gasteiger partial charge in [-0.3, -0.25) is 4.79 Å². The quantitative estimate of drug-likeness (QED) is 0.354. The molecule has 0 saturated carbocycles. The van der Waals surface area contributed by atoms with Crippen molar-refractivity contribution in [3.05, 3.63) is 60.3 Å². The predicted octanol–water partition coefficient (Wildman–Crippen LogP) is 2.82. The van der Waals surface area contributed by atoms with Crippen LogP contribution in [0.15, 0.2) is 49.1 Å². The SMILES string of the molecule is C=CC(=O)N(CC)CC.CN(C)C(CO)COc1nc(N)c2c(n1)CN(c1cc(O)cc3ccccc13)CC2. The Hall–Kier alpha value is -3.89. The number of benzene rings is 2. The number of ether oxygens (including phenoxy) is 1. The summed E-state index contributed by atoms with van der Waals surface area (Å²) in [4.78, 5) is 25.5. The number of aromatic hydroxyl groups is 1. The van der Waals surface area contributed by atoms with Crippen LogP contribution < -0.4 is 15.4 Å². The Morgan fingerprint density at radius 3 is 2.56 bits per heavy atom. The number of amides is 1. The van der Waals surface area contributed by atoms with Crippen LogP contribution in [0, 0.1) is 0 Å². The molecule has 3 aromatic rings. The minimum absolute atomic E-state index is 0.0139. The second-order valence-electron chi connectivity index (χ2n) is 9.50. The van der Waals surface area contributed by atoms with Crippen LogP contribution in [0.25, 0.3) is 10.8 Å². The number of carbonyl (C=O) groups is 1. The van der Waals surface area contributed by atoms with Gasteiger partial charge < -0.3 is 35.4 Å². The zero-order chi connectivity index (χ0) is 28.5. The molecule has 210 valence electrons. The summed E-state index contributed by atoms with van der Waals surface area (Å²) in [6, 6.07) is 11.6. The van der Waals surface area contributed by atoms with Gasteiger partial charge in [-0.1, -0.05) is 30.8 Å². The standard InChI is InChI=1S/C22H27N5O3.C7H13NO/c1-26(2)15(12-28)13-30-22-24-19-11-27(8-7-18(19)21(23)25-22)20-10-16(29)9-14-5-3-4-6-17(14)20;1-4-7(9)8(5-2)6-3/h3-6,9-10,15,28-29H,7-8,11-13H2,1-2H3,(H2,23,24,25);4H,1,5-6H2,2-3H3. The first kappa shape index (κ1) is 29.7. The number of nitrogen functional groups attached to an aromatic ring is 1. The zero-order valence-corrected chi connectivity index (χ0v) is 23.3. The van der Waals surface area contributed by atoms with Crippen molar-refractivity contribution in [2.45, 2.75) is 32.9 Å². The van der Waals surface area contributed by atoms with Crippen LogP contribution in [-0.4, -0.2) is 88.9 Å². The van der Waals surface area contributed by atoms with E-state index in [1.807, 2.05) is 51.0 Å². The highest BCUT2D eigenvalue weighted by Gasteiger charge is 2.24. The summed E-state index contributed by atoms with van der Waals surface area (Å²) in [5.74, 6) is 0.681. The van der Waals surface area contributed by atoms with Gasteiger partial charge in [0.2, 0.25) is 5.91 Å². The highest BCUT2D eigenvalue weighted by molar-refractivity contribution is 5.95. The first-order valence-corrected chi connectivity index (χ1v) is 13.2. The highest BCUT2D eigenvalue weighted by Crippen LogP contribution is 2.35. The summed E-state index contributed by atoms with van der Waals surface area (Å²) in [5.41, 5.74) is 8.91. The van der Waals surface area contributed by atoms with E-state index in [4.69, 9.17) is 10.5 Å². The molecule has 1 atom stereocenters. The topological polar surface area (TPSA) is 128 Å². The van der Waals surface area contributed by atoms with Crippen LogP contribution in [0.1, 0.15) is 25.1 Å². The van der Waals surface area contributed by atoms with Gasteiger partial charge in [0.1, 0.15) is 18.2 Å². The van der Waals surface area contributed by atoms with Crippen LogP contribution in [-0.2, 0) is 17.8 Å². The van der Waals surface area contributed by atoms with E-state index in [1.165, 1.54) is 6.08 Å². The third-order valence-electron chi connectivity index (χ3n) is 6.84. The van der Waals surface area contributed by atoms with Crippen molar-refractivity contribution < 1.29 is 19.7 Å². The van der Waals surface area contributed by atoms with Crippen LogP contribution in [0.5, 0.6) is 11.8 Å². The molecule has 1 amide bonds. The lowest BCUT2D eigenvalue weighted by Crippen LogP contribution is -2.37. The lowest BCUT2D eigenvalue weighted by Gasteiger charge is -2.31. The molecule has 2 heterocycles. The zero-order valence-electron chi connectivity index (χ0n) is 23.3. The van der Waals surface area contributed by atoms with Crippen LogP contribution >= 0.6 is 0 Å². The van der Waals surface area contributed by atoms with Crippen LogP contribution in [0.4, 0.5) is 11.5 Å². The van der Waals surface area contributed by atoms with Crippen molar-refractivity contribution in [2.75, 3.05) is 57.6 Å². The fourth-order valence-corrected chi connectivity index (χ4v) is 4.44. The third kappa shape index (κ3) is 7.36. The van der Waals surface area contributed by atoms with Gasteiger partial charge in [0.15, 0.2) is 0 Å². The molecule has 4 rings (SSSR count). The summed E-state index contributed by atoms with van der Waals surface area (Å²) in [6.07, 6.45) is 2.05. The summed E-state index contributed by atoms with van der Waals surface area (Å²) < 4.78 is 5.74. The van der Waals surface area contributed by atoms with Gasteiger partial charge >= 0.3 is 6.01 Å². The van der Waals surface area contributed by atoms with Gasteiger partial charge in [-0.25, -0.2) is 0 Å². The lowest BCUT2D eigenvalue weighted by molar-refractivity contribution is -0.125. The summed E-state index contributed by atoms with van der Waals surface area (Å²) >= 11 is 0. The van der Waals surface area contributed by atoms with E-state index in [9.17, 15) is 15.0 Å². The summed E-state index contributed by atoms with van der Waals surface area (Å²) in [5, 5.41) is 21.7. The number of carbonyl (C=O) groups excluding carboxylic acids is 1. The number of nitrogens with two attached hydrogens (primary N) is 1. The number of phenols is 1. The largest absolute Gasteiger partial charge is 0.508 e. The molecule has 0 radical (unpaired) electrons. The van der Waals surface area contributed by atoms with Gasteiger partial charge in [-0.15, -0.1) is 0 Å². The first-order valence-electron chi connectivity index (χ1n) is 13.2. The molecule has 39 heavy (non-hydrogen) atoms. The smallest absolute Gasteiger partial charge is 0.318 e. The maximum Gasteiger partial charge on any atom is 0.318 e. The fraction of sp³-hybridized carbons (Fsp3) is 0.414. The average Bonchev–Trinajstić information content (AvgIpc) is 2.93. The number of nitrogens with zero attached hydrogens (tertiary/aromatic N) is 5. The number of phenolic OH excluding ortho intramolecular Hbond substituents is 1. The third-order valence-corrected chi connectivity index (χ3v) is 6.84. The van der Waals surface area contributed by atoms with Crippen molar-refractivity contribution in [1.82, 2.24) is 19.8 Å². The molecular weight excluding hydrogens is 496 g/mol. The van der Waals surface area contributed by atoms with E-state index in [0.29, 0.717) is 18.8 Å². The molecule has 0 aliphatic carbocycles. The number of likely N-dealkylation sites (N-methyl/N-ethyl adjacent to an activating group) is 2. The minimum Gasteiger partial charge on any atom is -0.508 e. The Morgan fingerprint density at radius 1 is 1.23 bits per heavy atom. The van der Waals surface area contributed by atoms with Crippen molar-refractivity contribution in [2.24, 2.45) is 0 Å². The maximum atomic E-state index is 10.8. The maximum absolute atomic E-state index is 10.8. The molecule has 0 spiro atoms. The Morgan fingerprint density at radius 2 is 1.95 bits per heavy atom. The molecule has 2 aromatic carbocycles. The molecular formula is C29H40N6O4. The van der Waals surface area contributed by atoms with E-state index in [1.54, 1.807) is 17.0 Å². The Labute approximate surface area is 230 Å². The molecule has 10 heteroatoms. The van der Waals surface area contributed by atoms with Crippen molar-refractivity contribution in [1.29, 1.82) is 0 Å². The first-order chi connectivity index (χ1) is 18.7. The number of aliphatic hydroxyl groups excluding tert-OH is 1. The van der Waals surface area contributed by atoms with Gasteiger partial charge in [-0.05, 0) is 51.9 Å². The summed E-state index contributed by atoms with van der Waals surface area (Å²) in [7, 11) is 3.76. The van der Waals surface area contributed by atoms with Crippen LogP contribution in [0.3, 0.4) is 0 Å². The number of aliphatic hydroxyl groups is 1. The Bertz CT molecular complexity index is 1280. The molecule has 1 aromatic heterocycles. The van der Waals surface area contributed by atoms with Gasteiger partial charge in [0, 0.05) is 42.3 Å². The predicted molar refractivity (Wildman–Crippen MR) is 155 cm³/mol. The number of aromatic nitrogens is 2. The van der Waals surface area contributed by atoms with E-state index < -0.39 is 0 Å². The molecule has 1 unspecified atom stereocenters. The number of fused-ring (bicyclic) bond motifs is 2. The molecule has 1 aliphatic heterocycles. The van der Waals surface area contributed by atoms with E-state index in [2.05, 4.69) is 27.5 Å². The second kappa shape index (κ2) is 13.8. The van der Waals surface area contributed by atoms with Gasteiger partial charge in [-0.2, -0.15) is 9.97 Å². The molecule has 0 bridgehead atoms. The minimum atomic E-state index is -0.152. The van der Waals surface area contributed by atoms with Crippen molar-refractivity contribution in [3.8, 4) is 11.8 Å². The average molecular weight is 537 g/mol. The molecule has 0 fully saturated rings. The molecule has 4 N–H and O–H groups in total. The van der Waals surface area contributed by atoms with Gasteiger partial charge in [0.25, 0.3) is 0 Å². The fourth-order valence-electron chi connectivity index (χ4n) is 4.44. The Balaban J connectivity index is 0.000000403. The number of hydrogen-bond acceptors (Lipinski definition) is 9. The van der Waals surface area contributed by atoms with E-state index >= 15 is 0 Å². The summed E-state index contributed by atoms with van der Waals surface area (Å²) in [6.45, 7) is 10.4. The normalized spacial score (nSPS) is 13.3. The van der Waals surface area contributed by atoms with Crippen LogP contribution in [0.2, 0.25) is 0 Å². The molecule has 10 nitrogen and oxygen atoms in total. The number of rotatable bonds is 9. The van der Waals surface area contributed by atoms with E-state index in [0.717, 1.165) is 47.4 Å².